The zero-order valence-electron chi connectivity index (χ0n) is 11.0. The average Bonchev–Trinajstić information content (AvgIpc) is 2.63. The van der Waals surface area contributed by atoms with Crippen molar-refractivity contribution in [3.05, 3.63) is 12.2 Å². The molecular formula is C12H24N4. The molecule has 0 aliphatic carbocycles. The van der Waals surface area contributed by atoms with Gasteiger partial charge in [-0.1, -0.05) is 27.7 Å². The van der Waals surface area contributed by atoms with Gasteiger partial charge in [-0.15, -0.1) is 0 Å². The van der Waals surface area contributed by atoms with Crippen molar-refractivity contribution in [2.75, 3.05) is 13.1 Å². The Morgan fingerprint density at radius 1 is 1.38 bits per heavy atom. The molecule has 4 nitrogen and oxygen atoms in total. The molecule has 1 rings (SSSR count). The first-order valence-corrected chi connectivity index (χ1v) is 6.16. The van der Waals surface area contributed by atoms with E-state index in [1.807, 2.05) is 4.68 Å². The third-order valence-electron chi connectivity index (χ3n) is 2.62. The van der Waals surface area contributed by atoms with E-state index in [4.69, 9.17) is 0 Å². The molecule has 0 saturated heterocycles. The van der Waals surface area contributed by atoms with Crippen LogP contribution in [0.25, 0.3) is 0 Å². The second-order valence-electron chi connectivity index (χ2n) is 5.02. The third kappa shape index (κ3) is 3.93. The molecule has 4 heteroatoms. The second kappa shape index (κ2) is 5.99. The predicted octanol–water partition coefficient (Wildman–Crippen LogP) is 1.87. The molecule has 1 heterocycles. The first-order chi connectivity index (χ1) is 7.59. The third-order valence-corrected chi connectivity index (χ3v) is 2.62. The maximum absolute atomic E-state index is 4.35. The highest BCUT2D eigenvalue weighted by atomic mass is 15.3. The van der Waals surface area contributed by atoms with Crippen LogP contribution in [0.4, 0.5) is 0 Å². The van der Waals surface area contributed by atoms with Crippen molar-refractivity contribution in [2.45, 2.75) is 47.1 Å². The van der Waals surface area contributed by atoms with Gasteiger partial charge in [0.2, 0.25) is 0 Å². The van der Waals surface area contributed by atoms with Gasteiger partial charge in [0.15, 0.2) is 0 Å². The molecule has 92 valence electrons. The van der Waals surface area contributed by atoms with E-state index in [0.29, 0.717) is 0 Å². The Morgan fingerprint density at radius 3 is 2.75 bits per heavy atom. The molecule has 0 amide bonds. The number of nitrogens with zero attached hydrogens (tertiary/aromatic N) is 3. The molecule has 0 aromatic carbocycles. The SMILES string of the molecule is CCCn1ncnc1CC(C)(C)CNCC. The van der Waals surface area contributed by atoms with Gasteiger partial charge < -0.3 is 5.32 Å². The van der Waals surface area contributed by atoms with Gasteiger partial charge >= 0.3 is 0 Å². The van der Waals surface area contributed by atoms with Crippen molar-refractivity contribution in [3.63, 3.8) is 0 Å². The summed E-state index contributed by atoms with van der Waals surface area (Å²) < 4.78 is 2.02. The summed E-state index contributed by atoms with van der Waals surface area (Å²) in [7, 11) is 0. The topological polar surface area (TPSA) is 42.7 Å². The van der Waals surface area contributed by atoms with Crippen LogP contribution in [0.3, 0.4) is 0 Å². The van der Waals surface area contributed by atoms with E-state index in [0.717, 1.165) is 38.3 Å². The van der Waals surface area contributed by atoms with Gasteiger partial charge in [-0.05, 0) is 18.4 Å². The molecule has 1 N–H and O–H groups in total. The minimum Gasteiger partial charge on any atom is -0.316 e. The summed E-state index contributed by atoms with van der Waals surface area (Å²) in [6.07, 6.45) is 3.73. The quantitative estimate of drug-likeness (QED) is 0.769. The molecule has 1 aromatic rings. The summed E-state index contributed by atoms with van der Waals surface area (Å²) in [6.45, 7) is 11.8. The van der Waals surface area contributed by atoms with Crippen LogP contribution in [0.2, 0.25) is 0 Å². The van der Waals surface area contributed by atoms with Gasteiger partial charge in [0.05, 0.1) is 0 Å². The van der Waals surface area contributed by atoms with Crippen molar-refractivity contribution in [1.29, 1.82) is 0 Å². The fraction of sp³-hybridized carbons (Fsp3) is 0.833. The zero-order chi connectivity index (χ0) is 12.0. The van der Waals surface area contributed by atoms with E-state index in [-0.39, 0.29) is 5.41 Å². The molecule has 0 radical (unpaired) electrons. The molecule has 0 fully saturated rings. The number of nitrogens with one attached hydrogen (secondary N) is 1. The van der Waals surface area contributed by atoms with Crippen LogP contribution in [0.5, 0.6) is 0 Å². The molecule has 16 heavy (non-hydrogen) atoms. The molecule has 0 atom stereocenters. The summed E-state index contributed by atoms with van der Waals surface area (Å²) >= 11 is 0. The van der Waals surface area contributed by atoms with Crippen molar-refractivity contribution in [3.8, 4) is 0 Å². The highest BCUT2D eigenvalue weighted by Crippen LogP contribution is 2.19. The number of hydrogen-bond acceptors (Lipinski definition) is 3. The Labute approximate surface area is 98.5 Å². The van der Waals surface area contributed by atoms with Gasteiger partial charge in [-0.3, -0.25) is 4.68 Å². The Hall–Kier alpha value is -0.900. The lowest BCUT2D eigenvalue weighted by Crippen LogP contribution is -2.32. The fourth-order valence-electron chi connectivity index (χ4n) is 1.78. The predicted molar refractivity (Wildman–Crippen MR) is 66.3 cm³/mol. The zero-order valence-corrected chi connectivity index (χ0v) is 11.0. The van der Waals surface area contributed by atoms with E-state index in [9.17, 15) is 0 Å². The van der Waals surface area contributed by atoms with Crippen molar-refractivity contribution < 1.29 is 0 Å². The Balaban J connectivity index is 2.60. The van der Waals surface area contributed by atoms with Gasteiger partial charge in [-0.25, -0.2) is 4.98 Å². The number of aryl methyl sites for hydroxylation is 1. The van der Waals surface area contributed by atoms with Crippen LogP contribution < -0.4 is 5.32 Å². The standard InChI is InChI=1S/C12H24N4/c1-5-7-16-11(14-10-15-16)8-12(3,4)9-13-6-2/h10,13H,5-9H2,1-4H3. The van der Waals surface area contributed by atoms with Gasteiger partial charge in [0.25, 0.3) is 0 Å². The van der Waals surface area contributed by atoms with Crippen molar-refractivity contribution >= 4 is 0 Å². The lowest BCUT2D eigenvalue weighted by molar-refractivity contribution is 0.327. The van der Waals surface area contributed by atoms with Crippen LogP contribution >= 0.6 is 0 Å². The highest BCUT2D eigenvalue weighted by molar-refractivity contribution is 4.91. The Bertz CT molecular complexity index is 304. The van der Waals surface area contributed by atoms with Crippen molar-refractivity contribution in [2.24, 2.45) is 5.41 Å². The van der Waals surface area contributed by atoms with Gasteiger partial charge in [0, 0.05) is 19.5 Å². The molecule has 0 aliphatic heterocycles. The Morgan fingerprint density at radius 2 is 2.12 bits per heavy atom. The van der Waals surface area contributed by atoms with Crippen LogP contribution in [-0.4, -0.2) is 27.9 Å². The van der Waals surface area contributed by atoms with Gasteiger partial charge in [-0.2, -0.15) is 5.10 Å². The van der Waals surface area contributed by atoms with E-state index in [1.54, 1.807) is 6.33 Å². The summed E-state index contributed by atoms with van der Waals surface area (Å²) in [5.74, 6) is 1.10. The Kier molecular flexibility index (Phi) is 4.93. The molecule has 0 spiro atoms. The van der Waals surface area contributed by atoms with Crippen LogP contribution in [0.1, 0.15) is 39.9 Å². The van der Waals surface area contributed by atoms with E-state index in [2.05, 4.69) is 43.1 Å². The lowest BCUT2D eigenvalue weighted by Gasteiger charge is -2.24. The lowest BCUT2D eigenvalue weighted by atomic mass is 9.89. The van der Waals surface area contributed by atoms with E-state index < -0.39 is 0 Å². The molecule has 0 bridgehead atoms. The largest absolute Gasteiger partial charge is 0.316 e. The van der Waals surface area contributed by atoms with Crippen LogP contribution in [0, 0.1) is 5.41 Å². The number of aromatic nitrogens is 3. The van der Waals surface area contributed by atoms with Crippen LogP contribution in [-0.2, 0) is 13.0 Å². The smallest absolute Gasteiger partial charge is 0.138 e. The summed E-state index contributed by atoms with van der Waals surface area (Å²) in [6, 6.07) is 0. The maximum atomic E-state index is 4.35. The van der Waals surface area contributed by atoms with Crippen molar-refractivity contribution in [1.82, 2.24) is 20.1 Å². The van der Waals surface area contributed by atoms with E-state index in [1.165, 1.54) is 0 Å². The molecular weight excluding hydrogens is 200 g/mol. The molecule has 0 aliphatic rings. The summed E-state index contributed by atoms with van der Waals surface area (Å²) in [5.41, 5.74) is 0.231. The molecule has 1 aromatic heterocycles. The van der Waals surface area contributed by atoms with E-state index >= 15 is 0 Å². The number of hydrogen-bond donors (Lipinski definition) is 1. The summed E-state index contributed by atoms with van der Waals surface area (Å²) in [5, 5.41) is 7.65. The molecule has 0 unspecified atom stereocenters. The first-order valence-electron chi connectivity index (χ1n) is 6.16. The monoisotopic (exact) mass is 224 g/mol. The highest BCUT2D eigenvalue weighted by Gasteiger charge is 2.20. The first kappa shape index (κ1) is 13.2. The fourth-order valence-corrected chi connectivity index (χ4v) is 1.78. The number of rotatable bonds is 7. The molecule has 0 saturated carbocycles. The second-order valence-corrected chi connectivity index (χ2v) is 5.02. The normalized spacial score (nSPS) is 12.0. The minimum atomic E-state index is 0.231. The maximum Gasteiger partial charge on any atom is 0.138 e. The average molecular weight is 224 g/mol. The summed E-state index contributed by atoms with van der Waals surface area (Å²) in [4.78, 5) is 4.35. The van der Waals surface area contributed by atoms with Crippen LogP contribution in [0.15, 0.2) is 6.33 Å². The minimum absolute atomic E-state index is 0.231. The van der Waals surface area contributed by atoms with Gasteiger partial charge in [0.1, 0.15) is 12.2 Å².